The summed E-state index contributed by atoms with van der Waals surface area (Å²) in [6.07, 6.45) is 2.42. The van der Waals surface area contributed by atoms with Gasteiger partial charge in [0, 0.05) is 57.3 Å². The Bertz CT molecular complexity index is 432. The van der Waals surface area contributed by atoms with E-state index in [0.717, 1.165) is 65.1 Å². The van der Waals surface area contributed by atoms with E-state index in [9.17, 15) is 0 Å². The van der Waals surface area contributed by atoms with Crippen LogP contribution in [0.3, 0.4) is 0 Å². The van der Waals surface area contributed by atoms with Crippen LogP contribution in [0, 0.1) is 5.41 Å². The van der Waals surface area contributed by atoms with Gasteiger partial charge in [0.15, 0.2) is 5.96 Å². The molecule has 3 aliphatic rings. The molecule has 0 aromatic carbocycles. The molecule has 1 N–H and O–H groups in total. The van der Waals surface area contributed by atoms with Crippen LogP contribution >= 0.6 is 24.0 Å². The second-order valence-electron chi connectivity index (χ2n) is 7.79. The number of rotatable bonds is 3. The average molecular weight is 452 g/mol. The molecular formula is C17H33IN4O2. The summed E-state index contributed by atoms with van der Waals surface area (Å²) in [5, 5.41) is 3.61. The molecular weight excluding hydrogens is 419 g/mol. The van der Waals surface area contributed by atoms with Gasteiger partial charge in [-0.15, -0.1) is 24.0 Å². The fourth-order valence-electron chi connectivity index (χ4n) is 4.00. The summed E-state index contributed by atoms with van der Waals surface area (Å²) in [4.78, 5) is 9.43. The van der Waals surface area contributed by atoms with Crippen molar-refractivity contribution >= 4 is 29.9 Å². The zero-order valence-corrected chi connectivity index (χ0v) is 17.7. The van der Waals surface area contributed by atoms with Crippen molar-refractivity contribution in [3.63, 3.8) is 0 Å². The van der Waals surface area contributed by atoms with Gasteiger partial charge in [-0.25, -0.2) is 0 Å². The van der Waals surface area contributed by atoms with Crippen molar-refractivity contribution < 1.29 is 9.47 Å². The summed E-state index contributed by atoms with van der Waals surface area (Å²) < 4.78 is 11.1. The number of nitrogens with one attached hydrogen (secondary N) is 1. The van der Waals surface area contributed by atoms with Gasteiger partial charge >= 0.3 is 0 Å². The molecule has 1 unspecified atom stereocenters. The van der Waals surface area contributed by atoms with E-state index in [2.05, 4.69) is 34.0 Å². The fourth-order valence-corrected chi connectivity index (χ4v) is 4.00. The summed E-state index contributed by atoms with van der Waals surface area (Å²) >= 11 is 0. The third-order valence-corrected chi connectivity index (χ3v) is 5.68. The first-order valence-electron chi connectivity index (χ1n) is 8.91. The molecule has 3 fully saturated rings. The Morgan fingerprint density at radius 1 is 1.12 bits per heavy atom. The molecule has 0 radical (unpaired) electrons. The normalized spacial score (nSPS) is 29.1. The monoisotopic (exact) mass is 452 g/mol. The third-order valence-electron chi connectivity index (χ3n) is 5.68. The summed E-state index contributed by atoms with van der Waals surface area (Å²) in [7, 11) is 1.89. The van der Waals surface area contributed by atoms with Crippen LogP contribution in [0.15, 0.2) is 4.99 Å². The number of hydrogen-bond acceptors (Lipinski definition) is 4. The summed E-state index contributed by atoms with van der Waals surface area (Å²) in [6.45, 7) is 13.2. The van der Waals surface area contributed by atoms with Gasteiger partial charge in [-0.2, -0.15) is 0 Å². The number of hydrogen-bond donors (Lipinski definition) is 1. The SMILES string of the molecule is CN=C(NCC(C)(C)N1CCOCC1)N1CCC2(CCOC2)C1.I. The molecule has 24 heavy (non-hydrogen) atoms. The lowest BCUT2D eigenvalue weighted by molar-refractivity contribution is -0.00847. The summed E-state index contributed by atoms with van der Waals surface area (Å²) in [5.41, 5.74) is 0.477. The Labute approximate surface area is 163 Å². The molecule has 6 nitrogen and oxygen atoms in total. The Morgan fingerprint density at radius 2 is 1.88 bits per heavy atom. The van der Waals surface area contributed by atoms with Gasteiger partial charge < -0.3 is 19.7 Å². The molecule has 1 atom stereocenters. The lowest BCUT2D eigenvalue weighted by Gasteiger charge is -2.41. The van der Waals surface area contributed by atoms with Crippen LogP contribution in [-0.2, 0) is 9.47 Å². The van der Waals surface area contributed by atoms with Crippen molar-refractivity contribution in [2.45, 2.75) is 32.2 Å². The van der Waals surface area contributed by atoms with Crippen molar-refractivity contribution in [3.05, 3.63) is 0 Å². The van der Waals surface area contributed by atoms with E-state index in [1.165, 1.54) is 12.8 Å². The molecule has 0 aliphatic carbocycles. The zero-order valence-electron chi connectivity index (χ0n) is 15.3. The van der Waals surface area contributed by atoms with Crippen molar-refractivity contribution in [2.75, 3.05) is 66.2 Å². The van der Waals surface area contributed by atoms with Gasteiger partial charge in [0.25, 0.3) is 0 Å². The minimum absolute atomic E-state index is 0. The van der Waals surface area contributed by atoms with Crippen LogP contribution in [0.4, 0.5) is 0 Å². The van der Waals surface area contributed by atoms with E-state index in [1.807, 2.05) is 7.05 Å². The minimum Gasteiger partial charge on any atom is -0.381 e. The maximum Gasteiger partial charge on any atom is 0.193 e. The Kier molecular flexibility index (Phi) is 7.16. The first-order valence-corrected chi connectivity index (χ1v) is 8.91. The van der Waals surface area contributed by atoms with E-state index >= 15 is 0 Å². The highest BCUT2D eigenvalue weighted by atomic mass is 127. The molecule has 0 aromatic rings. The van der Waals surface area contributed by atoms with Crippen LogP contribution < -0.4 is 5.32 Å². The number of likely N-dealkylation sites (tertiary alicyclic amines) is 1. The second kappa shape index (κ2) is 8.51. The van der Waals surface area contributed by atoms with Gasteiger partial charge in [0.05, 0.1) is 19.8 Å². The van der Waals surface area contributed by atoms with E-state index in [-0.39, 0.29) is 29.5 Å². The molecule has 140 valence electrons. The molecule has 1 spiro atoms. The number of morpholine rings is 1. The van der Waals surface area contributed by atoms with Gasteiger partial charge in [-0.3, -0.25) is 9.89 Å². The van der Waals surface area contributed by atoms with E-state index < -0.39 is 0 Å². The van der Waals surface area contributed by atoms with Crippen LogP contribution in [0.25, 0.3) is 0 Å². The lowest BCUT2D eigenvalue weighted by Crippen LogP contribution is -2.56. The Morgan fingerprint density at radius 3 is 2.50 bits per heavy atom. The second-order valence-corrected chi connectivity index (χ2v) is 7.79. The van der Waals surface area contributed by atoms with Crippen molar-refractivity contribution in [1.29, 1.82) is 0 Å². The maximum atomic E-state index is 5.63. The molecule has 0 bridgehead atoms. The molecule has 7 heteroatoms. The van der Waals surface area contributed by atoms with Crippen LogP contribution in [0.5, 0.6) is 0 Å². The molecule has 3 rings (SSSR count). The van der Waals surface area contributed by atoms with Crippen molar-refractivity contribution in [2.24, 2.45) is 10.4 Å². The average Bonchev–Trinajstić information content (AvgIpc) is 3.19. The molecule has 3 heterocycles. The van der Waals surface area contributed by atoms with Gasteiger partial charge in [0.1, 0.15) is 0 Å². The van der Waals surface area contributed by atoms with Crippen LogP contribution in [-0.4, -0.2) is 87.5 Å². The van der Waals surface area contributed by atoms with Crippen LogP contribution in [0.2, 0.25) is 0 Å². The molecule has 3 saturated heterocycles. The topological polar surface area (TPSA) is 49.3 Å². The maximum absolute atomic E-state index is 5.63. The van der Waals surface area contributed by atoms with Crippen molar-refractivity contribution in [1.82, 2.24) is 15.1 Å². The highest BCUT2D eigenvalue weighted by molar-refractivity contribution is 14.0. The highest BCUT2D eigenvalue weighted by Crippen LogP contribution is 2.38. The number of ether oxygens (including phenoxy) is 2. The Hall–Kier alpha value is -0.120. The number of aliphatic imine (C=N–C) groups is 1. The first-order chi connectivity index (χ1) is 11.0. The van der Waals surface area contributed by atoms with Crippen LogP contribution in [0.1, 0.15) is 26.7 Å². The van der Waals surface area contributed by atoms with E-state index in [1.54, 1.807) is 0 Å². The van der Waals surface area contributed by atoms with Gasteiger partial charge in [-0.05, 0) is 26.7 Å². The largest absolute Gasteiger partial charge is 0.381 e. The highest BCUT2D eigenvalue weighted by Gasteiger charge is 2.42. The number of guanidine groups is 1. The van der Waals surface area contributed by atoms with Gasteiger partial charge in [-0.1, -0.05) is 0 Å². The fraction of sp³-hybridized carbons (Fsp3) is 0.941. The molecule has 0 amide bonds. The lowest BCUT2D eigenvalue weighted by atomic mass is 9.87. The predicted octanol–water partition coefficient (Wildman–Crippen LogP) is 1.40. The summed E-state index contributed by atoms with van der Waals surface area (Å²) in [5.74, 6) is 1.04. The van der Waals surface area contributed by atoms with Crippen molar-refractivity contribution in [3.8, 4) is 0 Å². The molecule has 0 saturated carbocycles. The van der Waals surface area contributed by atoms with E-state index in [4.69, 9.17) is 9.47 Å². The third kappa shape index (κ3) is 4.53. The van der Waals surface area contributed by atoms with E-state index in [0.29, 0.717) is 5.41 Å². The first kappa shape index (κ1) is 20.2. The smallest absolute Gasteiger partial charge is 0.193 e. The Balaban J connectivity index is 0.00000208. The quantitative estimate of drug-likeness (QED) is 0.399. The number of halogens is 1. The van der Waals surface area contributed by atoms with Gasteiger partial charge in [0.2, 0.25) is 0 Å². The molecule has 3 aliphatic heterocycles. The standard InChI is InChI=1S/C17H32N4O2.HI/c1-16(2,21-7-10-22-11-8-21)12-19-15(18-3)20-6-4-17(13-20)5-9-23-14-17;/h4-14H2,1-3H3,(H,18,19);1H. The number of nitrogens with zero attached hydrogens (tertiary/aromatic N) is 3. The molecule has 0 aromatic heterocycles. The predicted molar refractivity (Wildman–Crippen MR) is 107 cm³/mol. The minimum atomic E-state index is 0. The zero-order chi connectivity index (χ0) is 16.3. The summed E-state index contributed by atoms with van der Waals surface area (Å²) in [6, 6.07) is 0.